The molecule has 0 atom stereocenters. The fourth-order valence-electron chi connectivity index (χ4n) is 1.49. The zero-order valence-corrected chi connectivity index (χ0v) is 11.7. The predicted octanol–water partition coefficient (Wildman–Crippen LogP) is 3.45. The SMILES string of the molecule is CC(C)(C)OC(=O)Nc1cc(C=O)c(N)cc1C(F)(F)F. The van der Waals surface area contributed by atoms with E-state index in [9.17, 15) is 22.8 Å². The molecule has 8 heteroatoms. The van der Waals surface area contributed by atoms with Crippen molar-refractivity contribution in [2.75, 3.05) is 11.1 Å². The molecule has 1 aromatic carbocycles. The van der Waals surface area contributed by atoms with Crippen LogP contribution in [-0.4, -0.2) is 18.0 Å². The van der Waals surface area contributed by atoms with Gasteiger partial charge in [-0.15, -0.1) is 0 Å². The van der Waals surface area contributed by atoms with E-state index >= 15 is 0 Å². The van der Waals surface area contributed by atoms with E-state index in [0.29, 0.717) is 12.4 Å². The van der Waals surface area contributed by atoms with Crippen LogP contribution in [0, 0.1) is 0 Å². The van der Waals surface area contributed by atoms with Gasteiger partial charge in [0.15, 0.2) is 6.29 Å². The summed E-state index contributed by atoms with van der Waals surface area (Å²) in [6.45, 7) is 4.70. The van der Waals surface area contributed by atoms with Crippen LogP contribution >= 0.6 is 0 Å². The smallest absolute Gasteiger partial charge is 0.418 e. The number of carbonyl (C=O) groups is 2. The first-order chi connectivity index (χ1) is 9.44. The number of alkyl halides is 3. The number of nitrogens with one attached hydrogen (secondary N) is 1. The third-order valence-corrected chi connectivity index (χ3v) is 2.29. The van der Waals surface area contributed by atoms with Crippen LogP contribution in [0.3, 0.4) is 0 Å². The monoisotopic (exact) mass is 304 g/mol. The van der Waals surface area contributed by atoms with Crippen LogP contribution in [0.4, 0.5) is 29.3 Å². The molecule has 1 amide bonds. The van der Waals surface area contributed by atoms with Gasteiger partial charge in [0.1, 0.15) is 5.60 Å². The molecule has 0 radical (unpaired) electrons. The van der Waals surface area contributed by atoms with Crippen molar-refractivity contribution in [3.63, 3.8) is 0 Å². The molecular formula is C13H15F3N2O3. The molecule has 0 bridgehead atoms. The Labute approximate surface area is 119 Å². The van der Waals surface area contributed by atoms with Crippen LogP contribution in [0.25, 0.3) is 0 Å². The lowest BCUT2D eigenvalue weighted by molar-refractivity contribution is -0.136. The third-order valence-electron chi connectivity index (χ3n) is 2.29. The standard InChI is InChI=1S/C13H15F3N2O3/c1-12(2,3)21-11(20)18-10-4-7(6-19)9(17)5-8(10)13(14,15)16/h4-6H,17H2,1-3H3,(H,18,20). The molecule has 0 saturated carbocycles. The topological polar surface area (TPSA) is 81.4 Å². The molecule has 0 aromatic heterocycles. The first kappa shape index (κ1) is 16.8. The lowest BCUT2D eigenvalue weighted by Gasteiger charge is -2.21. The summed E-state index contributed by atoms with van der Waals surface area (Å²) in [6, 6.07) is 1.45. The largest absolute Gasteiger partial charge is 0.444 e. The van der Waals surface area contributed by atoms with Gasteiger partial charge in [0.25, 0.3) is 0 Å². The van der Waals surface area contributed by atoms with Gasteiger partial charge in [0.2, 0.25) is 0 Å². The summed E-state index contributed by atoms with van der Waals surface area (Å²) >= 11 is 0. The average Bonchev–Trinajstić information content (AvgIpc) is 2.27. The number of amides is 1. The van der Waals surface area contributed by atoms with Crippen LogP contribution < -0.4 is 11.1 Å². The van der Waals surface area contributed by atoms with Crippen molar-refractivity contribution in [2.45, 2.75) is 32.5 Å². The quantitative estimate of drug-likeness (QED) is 0.647. The minimum absolute atomic E-state index is 0.158. The minimum atomic E-state index is -4.74. The van der Waals surface area contributed by atoms with Crippen molar-refractivity contribution in [2.24, 2.45) is 0 Å². The molecule has 0 unspecified atom stereocenters. The predicted molar refractivity (Wildman–Crippen MR) is 71.1 cm³/mol. The molecule has 0 fully saturated rings. The van der Waals surface area contributed by atoms with E-state index in [-0.39, 0.29) is 11.3 Å². The van der Waals surface area contributed by atoms with Crippen LogP contribution in [0.2, 0.25) is 0 Å². The van der Waals surface area contributed by atoms with E-state index in [1.807, 2.05) is 5.32 Å². The summed E-state index contributed by atoms with van der Waals surface area (Å²) in [4.78, 5) is 22.3. The summed E-state index contributed by atoms with van der Waals surface area (Å²) in [7, 11) is 0. The maximum Gasteiger partial charge on any atom is 0.418 e. The number of aldehydes is 1. The summed E-state index contributed by atoms with van der Waals surface area (Å²) in [5.41, 5.74) is 2.25. The highest BCUT2D eigenvalue weighted by Crippen LogP contribution is 2.37. The van der Waals surface area contributed by atoms with Gasteiger partial charge in [-0.05, 0) is 32.9 Å². The van der Waals surface area contributed by atoms with Crippen molar-refractivity contribution >= 4 is 23.8 Å². The van der Waals surface area contributed by atoms with Gasteiger partial charge in [-0.25, -0.2) is 4.79 Å². The Hall–Kier alpha value is -2.25. The van der Waals surface area contributed by atoms with E-state index in [1.54, 1.807) is 20.8 Å². The van der Waals surface area contributed by atoms with Gasteiger partial charge in [-0.3, -0.25) is 10.1 Å². The van der Waals surface area contributed by atoms with E-state index in [0.717, 1.165) is 6.07 Å². The normalized spacial score (nSPS) is 11.9. The second-order valence-electron chi connectivity index (χ2n) is 5.27. The van der Waals surface area contributed by atoms with E-state index in [2.05, 4.69) is 0 Å². The van der Waals surface area contributed by atoms with Gasteiger partial charge in [0.05, 0.1) is 11.3 Å². The number of benzene rings is 1. The van der Waals surface area contributed by atoms with Crippen LogP contribution in [-0.2, 0) is 10.9 Å². The van der Waals surface area contributed by atoms with Crippen molar-refractivity contribution in [3.05, 3.63) is 23.3 Å². The Morgan fingerprint density at radius 2 is 1.86 bits per heavy atom. The molecule has 0 aliphatic heterocycles. The molecular weight excluding hydrogens is 289 g/mol. The van der Waals surface area contributed by atoms with Crippen molar-refractivity contribution < 1.29 is 27.5 Å². The van der Waals surface area contributed by atoms with Gasteiger partial charge in [-0.2, -0.15) is 13.2 Å². The molecule has 3 N–H and O–H groups in total. The molecule has 0 saturated heterocycles. The number of hydrogen-bond acceptors (Lipinski definition) is 4. The molecule has 0 aliphatic rings. The number of rotatable bonds is 2. The van der Waals surface area contributed by atoms with Crippen LogP contribution in [0.15, 0.2) is 12.1 Å². The van der Waals surface area contributed by atoms with Crippen LogP contribution in [0.1, 0.15) is 36.7 Å². The molecule has 21 heavy (non-hydrogen) atoms. The Kier molecular flexibility index (Phi) is 4.50. The maximum atomic E-state index is 12.9. The van der Waals surface area contributed by atoms with E-state index in [4.69, 9.17) is 10.5 Å². The van der Waals surface area contributed by atoms with Crippen molar-refractivity contribution in [3.8, 4) is 0 Å². The molecule has 0 spiro atoms. The number of nitrogens with two attached hydrogens (primary N) is 1. The van der Waals surface area contributed by atoms with E-state index in [1.165, 1.54) is 0 Å². The second-order valence-corrected chi connectivity index (χ2v) is 5.27. The number of nitrogen functional groups attached to an aromatic ring is 1. The zero-order chi connectivity index (χ0) is 16.4. The van der Waals surface area contributed by atoms with E-state index < -0.39 is 29.1 Å². The van der Waals surface area contributed by atoms with Gasteiger partial charge in [0, 0.05) is 11.3 Å². The molecule has 116 valence electrons. The molecule has 1 rings (SSSR count). The summed E-state index contributed by atoms with van der Waals surface area (Å²) in [6.07, 6.45) is -5.50. The number of ether oxygens (including phenoxy) is 1. The Balaban J connectivity index is 3.20. The molecule has 0 aliphatic carbocycles. The van der Waals surface area contributed by atoms with Crippen LogP contribution in [0.5, 0.6) is 0 Å². The van der Waals surface area contributed by atoms with Crippen molar-refractivity contribution in [1.82, 2.24) is 0 Å². The Morgan fingerprint density at radius 1 is 1.29 bits per heavy atom. The maximum absolute atomic E-state index is 12.9. The van der Waals surface area contributed by atoms with Gasteiger partial charge in [-0.1, -0.05) is 0 Å². The zero-order valence-electron chi connectivity index (χ0n) is 11.7. The first-order valence-electron chi connectivity index (χ1n) is 5.90. The highest BCUT2D eigenvalue weighted by molar-refractivity contribution is 5.91. The third kappa shape index (κ3) is 4.66. The Bertz CT molecular complexity index is 563. The highest BCUT2D eigenvalue weighted by Gasteiger charge is 2.35. The Morgan fingerprint density at radius 3 is 2.29 bits per heavy atom. The highest BCUT2D eigenvalue weighted by atomic mass is 19.4. The lowest BCUT2D eigenvalue weighted by atomic mass is 10.1. The minimum Gasteiger partial charge on any atom is -0.444 e. The number of halogens is 3. The van der Waals surface area contributed by atoms with Gasteiger partial charge >= 0.3 is 12.3 Å². The fourth-order valence-corrected chi connectivity index (χ4v) is 1.49. The van der Waals surface area contributed by atoms with Crippen molar-refractivity contribution in [1.29, 1.82) is 0 Å². The summed E-state index contributed by atoms with van der Waals surface area (Å²) < 4.78 is 43.6. The molecule has 5 nitrogen and oxygen atoms in total. The molecule has 1 aromatic rings. The number of carbonyl (C=O) groups excluding carboxylic acids is 2. The lowest BCUT2D eigenvalue weighted by Crippen LogP contribution is -2.28. The molecule has 0 heterocycles. The average molecular weight is 304 g/mol. The number of hydrogen-bond donors (Lipinski definition) is 2. The summed E-state index contributed by atoms with van der Waals surface area (Å²) in [5, 5.41) is 1.98. The fraction of sp³-hybridized carbons (Fsp3) is 0.385. The van der Waals surface area contributed by atoms with Gasteiger partial charge < -0.3 is 10.5 Å². The number of anilines is 2. The first-order valence-corrected chi connectivity index (χ1v) is 5.90. The summed E-state index contributed by atoms with van der Waals surface area (Å²) in [5.74, 6) is 0. The second kappa shape index (κ2) is 5.63.